The lowest BCUT2D eigenvalue weighted by molar-refractivity contribution is -0.147. The van der Waals surface area contributed by atoms with Crippen molar-refractivity contribution in [1.82, 2.24) is 9.97 Å². The molecule has 1 unspecified atom stereocenters. The minimum Gasteiger partial charge on any atom is -0.497 e. The second-order valence-electron chi connectivity index (χ2n) is 6.93. The van der Waals surface area contributed by atoms with Crippen LogP contribution < -0.4 is 9.04 Å². The lowest BCUT2D eigenvalue weighted by atomic mass is 9.83. The van der Waals surface area contributed by atoms with E-state index in [-0.39, 0.29) is 12.5 Å². The summed E-state index contributed by atoms with van der Waals surface area (Å²) in [6.07, 6.45) is 2.82. The van der Waals surface area contributed by atoms with Crippen LogP contribution in [0.3, 0.4) is 0 Å². The van der Waals surface area contributed by atoms with E-state index in [9.17, 15) is 13.2 Å². The summed E-state index contributed by atoms with van der Waals surface area (Å²) in [5, 5.41) is 0. The van der Waals surface area contributed by atoms with E-state index in [2.05, 4.69) is 9.97 Å². The fraction of sp³-hybridized carbons (Fsp3) is 0.450. The highest BCUT2D eigenvalue weighted by atomic mass is 32.2. The molecule has 2 rings (SSSR count). The third kappa shape index (κ3) is 5.45. The largest absolute Gasteiger partial charge is 0.497 e. The fourth-order valence-corrected chi connectivity index (χ4v) is 3.64. The molecular weight excluding hydrogens is 410 g/mol. The zero-order valence-electron chi connectivity index (χ0n) is 17.8. The number of esters is 1. The van der Waals surface area contributed by atoms with Gasteiger partial charge in [-0.2, -0.15) is 0 Å². The second kappa shape index (κ2) is 9.86. The van der Waals surface area contributed by atoms with Crippen LogP contribution in [0.2, 0.25) is 0 Å². The van der Waals surface area contributed by atoms with E-state index < -0.39 is 21.4 Å². The Hall–Kier alpha value is -2.72. The first kappa shape index (κ1) is 23.6. The molecule has 164 valence electrons. The Kier molecular flexibility index (Phi) is 7.74. The third-order valence-electron chi connectivity index (χ3n) is 4.76. The molecule has 1 heterocycles. The van der Waals surface area contributed by atoms with Crippen LogP contribution in [0.5, 0.6) is 5.75 Å². The van der Waals surface area contributed by atoms with Gasteiger partial charge in [0.25, 0.3) is 0 Å². The van der Waals surface area contributed by atoms with Gasteiger partial charge in [0.15, 0.2) is 0 Å². The zero-order valence-corrected chi connectivity index (χ0v) is 18.6. The third-order valence-corrected chi connectivity index (χ3v) is 5.85. The summed E-state index contributed by atoms with van der Waals surface area (Å²) in [7, 11) is 0.679. The summed E-state index contributed by atoms with van der Waals surface area (Å²) in [5.41, 5.74) is -0.0451. The molecule has 0 amide bonds. The molecule has 0 saturated heterocycles. The van der Waals surface area contributed by atoms with E-state index in [1.54, 1.807) is 44.4 Å². The van der Waals surface area contributed by atoms with Crippen LogP contribution in [0.15, 0.2) is 36.5 Å². The number of hydrogen-bond acceptors (Lipinski definition) is 8. The first-order valence-electron chi connectivity index (χ1n) is 9.17. The molecule has 1 aromatic heterocycles. The molecule has 10 heteroatoms. The van der Waals surface area contributed by atoms with Gasteiger partial charge in [-0.05, 0) is 37.1 Å². The highest BCUT2D eigenvalue weighted by Crippen LogP contribution is 2.29. The molecule has 0 bridgehead atoms. The number of carbonyl (C=O) groups excluding carboxylic acids is 1. The number of rotatable bonds is 10. The second-order valence-corrected chi connectivity index (χ2v) is 8.83. The molecule has 9 nitrogen and oxygen atoms in total. The van der Waals surface area contributed by atoms with Crippen molar-refractivity contribution >= 4 is 21.9 Å². The topological polar surface area (TPSA) is 108 Å². The van der Waals surface area contributed by atoms with Gasteiger partial charge in [0.1, 0.15) is 11.2 Å². The molecule has 0 radical (unpaired) electrons. The minimum atomic E-state index is -3.70. The summed E-state index contributed by atoms with van der Waals surface area (Å²) in [6, 6.07) is 8.58. The standard InChI is InChI=1S/C20H27N3O6S/c1-20(11-13-27-2,18(24)29-4)17-10-12-21-19(22-17)23(30(5,25)26)14-15-6-8-16(28-3)9-7-15/h6-10,12H,11,13-14H2,1-5H3. The van der Waals surface area contributed by atoms with Crippen molar-refractivity contribution < 1.29 is 27.4 Å². The SMILES string of the molecule is COCCC(C)(C(=O)OC)c1ccnc(N(Cc2ccc(OC)cc2)S(C)(=O)=O)n1. The first-order chi connectivity index (χ1) is 14.2. The first-order valence-corrected chi connectivity index (χ1v) is 11.0. The Morgan fingerprint density at radius 2 is 1.80 bits per heavy atom. The number of sulfonamides is 1. The van der Waals surface area contributed by atoms with E-state index >= 15 is 0 Å². The summed E-state index contributed by atoms with van der Waals surface area (Å²) in [5.74, 6) is 0.138. The number of aromatic nitrogens is 2. The summed E-state index contributed by atoms with van der Waals surface area (Å²) in [4.78, 5) is 21.0. The molecule has 0 aliphatic heterocycles. The molecule has 0 N–H and O–H groups in total. The number of anilines is 1. The van der Waals surface area contributed by atoms with Gasteiger partial charge in [0.2, 0.25) is 16.0 Å². The van der Waals surface area contributed by atoms with Crippen molar-refractivity contribution in [2.45, 2.75) is 25.3 Å². The highest BCUT2D eigenvalue weighted by molar-refractivity contribution is 7.92. The summed E-state index contributed by atoms with van der Waals surface area (Å²) >= 11 is 0. The predicted octanol–water partition coefficient (Wildman–Crippen LogP) is 1.92. The number of ether oxygens (including phenoxy) is 3. The molecule has 0 spiro atoms. The van der Waals surface area contributed by atoms with Crippen LogP contribution >= 0.6 is 0 Å². The molecule has 1 aromatic carbocycles. The van der Waals surface area contributed by atoms with E-state index in [0.717, 1.165) is 16.1 Å². The molecular formula is C20H27N3O6S. The smallest absolute Gasteiger partial charge is 0.317 e. The number of methoxy groups -OCH3 is 3. The maximum atomic E-state index is 12.5. The van der Waals surface area contributed by atoms with Gasteiger partial charge in [-0.3, -0.25) is 4.79 Å². The molecule has 0 aliphatic rings. The Balaban J connectivity index is 2.46. The fourth-order valence-electron chi connectivity index (χ4n) is 2.88. The summed E-state index contributed by atoms with van der Waals surface area (Å²) < 4.78 is 41.3. The number of nitrogens with zero attached hydrogens (tertiary/aromatic N) is 3. The van der Waals surface area contributed by atoms with Crippen LogP contribution in [0.1, 0.15) is 24.6 Å². The average molecular weight is 438 g/mol. The van der Waals surface area contributed by atoms with E-state index in [1.807, 2.05) is 0 Å². The maximum Gasteiger partial charge on any atom is 0.317 e. The number of hydrogen-bond donors (Lipinski definition) is 0. The van der Waals surface area contributed by atoms with Crippen molar-refractivity contribution in [1.29, 1.82) is 0 Å². The molecule has 0 fully saturated rings. The van der Waals surface area contributed by atoms with Crippen LogP contribution in [-0.2, 0) is 36.3 Å². The van der Waals surface area contributed by atoms with E-state index in [0.29, 0.717) is 24.5 Å². The van der Waals surface area contributed by atoms with Gasteiger partial charge in [0.05, 0.1) is 32.7 Å². The number of benzene rings is 1. The highest BCUT2D eigenvalue weighted by Gasteiger charge is 2.38. The van der Waals surface area contributed by atoms with Gasteiger partial charge < -0.3 is 14.2 Å². The normalized spacial score (nSPS) is 13.4. The van der Waals surface area contributed by atoms with Crippen LogP contribution in [0.25, 0.3) is 0 Å². The van der Waals surface area contributed by atoms with Crippen LogP contribution in [0, 0.1) is 0 Å². The van der Waals surface area contributed by atoms with Gasteiger partial charge in [0, 0.05) is 19.9 Å². The van der Waals surface area contributed by atoms with Crippen molar-refractivity contribution in [2.75, 3.05) is 38.5 Å². The average Bonchev–Trinajstić information content (AvgIpc) is 2.74. The Morgan fingerprint density at radius 3 is 2.33 bits per heavy atom. The Labute approximate surface area is 177 Å². The summed E-state index contributed by atoms with van der Waals surface area (Å²) in [6.45, 7) is 2.00. The molecule has 2 aromatic rings. The maximum absolute atomic E-state index is 12.5. The van der Waals surface area contributed by atoms with Crippen molar-refractivity contribution in [3.63, 3.8) is 0 Å². The van der Waals surface area contributed by atoms with Crippen molar-refractivity contribution in [3.8, 4) is 5.75 Å². The lowest BCUT2D eigenvalue weighted by Crippen LogP contribution is -2.37. The van der Waals surface area contributed by atoms with Gasteiger partial charge in [-0.15, -0.1) is 0 Å². The minimum absolute atomic E-state index is 0.0271. The lowest BCUT2D eigenvalue weighted by Gasteiger charge is -2.27. The van der Waals surface area contributed by atoms with Crippen molar-refractivity contribution in [2.24, 2.45) is 0 Å². The zero-order chi connectivity index (χ0) is 22.4. The molecule has 1 atom stereocenters. The van der Waals surface area contributed by atoms with Gasteiger partial charge in [-0.25, -0.2) is 22.7 Å². The van der Waals surface area contributed by atoms with Crippen LogP contribution in [0.4, 0.5) is 5.95 Å². The molecule has 0 saturated carbocycles. The van der Waals surface area contributed by atoms with Gasteiger partial charge in [-0.1, -0.05) is 12.1 Å². The van der Waals surface area contributed by atoms with Crippen molar-refractivity contribution in [3.05, 3.63) is 47.8 Å². The predicted molar refractivity (Wildman–Crippen MR) is 112 cm³/mol. The molecule has 0 aliphatic carbocycles. The van der Waals surface area contributed by atoms with Crippen LogP contribution in [-0.4, -0.2) is 58.5 Å². The van der Waals surface area contributed by atoms with Gasteiger partial charge >= 0.3 is 5.97 Å². The Bertz CT molecular complexity index is 965. The van der Waals surface area contributed by atoms with E-state index in [4.69, 9.17) is 14.2 Å². The number of carbonyl (C=O) groups is 1. The monoisotopic (exact) mass is 437 g/mol. The Morgan fingerprint density at radius 1 is 1.13 bits per heavy atom. The molecule has 30 heavy (non-hydrogen) atoms. The quantitative estimate of drug-likeness (QED) is 0.519. The van der Waals surface area contributed by atoms with E-state index in [1.165, 1.54) is 20.4 Å².